The van der Waals surface area contributed by atoms with Gasteiger partial charge in [0.25, 0.3) is 0 Å². The average Bonchev–Trinajstić information content (AvgIpc) is 3.32. The molecule has 0 aliphatic heterocycles. The van der Waals surface area contributed by atoms with E-state index in [-0.39, 0.29) is 0 Å². The van der Waals surface area contributed by atoms with Crippen molar-refractivity contribution in [3.63, 3.8) is 0 Å². The summed E-state index contributed by atoms with van der Waals surface area (Å²) in [5.41, 5.74) is 8.55. The van der Waals surface area contributed by atoms with Gasteiger partial charge in [0.15, 0.2) is 0 Å². The third-order valence-corrected chi connectivity index (χ3v) is 7.25. The van der Waals surface area contributed by atoms with Crippen LogP contribution in [0.1, 0.15) is 0 Å². The minimum atomic E-state index is 0.572. The summed E-state index contributed by atoms with van der Waals surface area (Å²) in [6.45, 7) is 0. The summed E-state index contributed by atoms with van der Waals surface area (Å²) < 4.78 is 6.04. The van der Waals surface area contributed by atoms with Crippen LogP contribution in [-0.4, -0.2) is 9.97 Å². The zero-order valence-electron chi connectivity index (χ0n) is 19.8. The quantitative estimate of drug-likeness (QED) is 0.235. The molecular weight excluding hydrogens is 452 g/mol. The molecule has 0 amide bonds. The van der Waals surface area contributed by atoms with Crippen molar-refractivity contribution in [1.82, 2.24) is 9.97 Å². The molecule has 0 spiro atoms. The zero-order valence-corrected chi connectivity index (χ0v) is 19.8. The molecule has 172 valence electrons. The van der Waals surface area contributed by atoms with E-state index in [1.54, 1.807) is 0 Å². The molecule has 0 atom stereocenters. The van der Waals surface area contributed by atoms with Crippen LogP contribution in [0.2, 0.25) is 0 Å². The third-order valence-electron chi connectivity index (χ3n) is 7.25. The number of aromatic nitrogens is 2. The summed E-state index contributed by atoms with van der Waals surface area (Å²) in [7, 11) is 0. The second-order valence-electron chi connectivity index (χ2n) is 9.48. The average molecular weight is 473 g/mol. The molecule has 0 saturated heterocycles. The first-order valence-corrected chi connectivity index (χ1v) is 12.4. The van der Waals surface area contributed by atoms with Gasteiger partial charge in [-0.15, -0.1) is 0 Å². The first-order chi connectivity index (χ1) is 18.3. The van der Waals surface area contributed by atoms with Crippen molar-refractivity contribution in [3.8, 4) is 22.3 Å². The standard InChI is InChI=1S/C34H20N2O/c1-2-9-27-21(6-1)12-13-26-19-24(14-16-28(26)27)22-7-5-8-23(18-22)25-15-17-32-29(20-25)33-34(37-32)36-31-11-4-3-10-30(31)35-33/h1-20H. The van der Waals surface area contributed by atoms with Crippen LogP contribution in [-0.2, 0) is 0 Å². The highest BCUT2D eigenvalue weighted by Gasteiger charge is 2.13. The molecule has 0 unspecified atom stereocenters. The Morgan fingerprint density at radius 2 is 1.11 bits per heavy atom. The topological polar surface area (TPSA) is 38.9 Å². The molecule has 3 nitrogen and oxygen atoms in total. The minimum Gasteiger partial charge on any atom is -0.436 e. The van der Waals surface area contributed by atoms with E-state index < -0.39 is 0 Å². The fraction of sp³-hybridized carbons (Fsp3) is 0. The highest BCUT2D eigenvalue weighted by Crippen LogP contribution is 2.34. The Bertz CT molecular complexity index is 2160. The molecule has 0 aliphatic rings. The summed E-state index contributed by atoms with van der Waals surface area (Å²) in [6.07, 6.45) is 0. The van der Waals surface area contributed by atoms with Crippen LogP contribution in [0.15, 0.2) is 126 Å². The summed E-state index contributed by atoms with van der Waals surface area (Å²) in [4.78, 5) is 9.55. The largest absolute Gasteiger partial charge is 0.436 e. The lowest BCUT2D eigenvalue weighted by Gasteiger charge is -2.09. The Morgan fingerprint density at radius 3 is 2.00 bits per heavy atom. The van der Waals surface area contributed by atoms with Crippen molar-refractivity contribution in [3.05, 3.63) is 121 Å². The van der Waals surface area contributed by atoms with Crippen LogP contribution in [0.3, 0.4) is 0 Å². The van der Waals surface area contributed by atoms with Crippen LogP contribution in [0, 0.1) is 0 Å². The molecule has 37 heavy (non-hydrogen) atoms. The predicted molar refractivity (Wildman–Crippen MR) is 153 cm³/mol. The maximum atomic E-state index is 6.04. The van der Waals surface area contributed by atoms with Gasteiger partial charge in [0.05, 0.1) is 11.0 Å². The number of fused-ring (bicyclic) bond motifs is 7. The molecule has 6 aromatic carbocycles. The Balaban J connectivity index is 1.24. The van der Waals surface area contributed by atoms with Crippen molar-refractivity contribution in [2.45, 2.75) is 0 Å². The zero-order chi connectivity index (χ0) is 24.3. The number of nitrogens with zero attached hydrogens (tertiary/aromatic N) is 2. The van der Waals surface area contributed by atoms with Gasteiger partial charge in [0.1, 0.15) is 11.1 Å². The highest BCUT2D eigenvalue weighted by atomic mass is 16.3. The molecule has 0 radical (unpaired) electrons. The SMILES string of the molecule is c1cc(-c2ccc3c(ccc4ccccc43)c2)cc(-c2ccc3oc4nc5ccccc5nc4c3c2)c1. The van der Waals surface area contributed by atoms with Gasteiger partial charge >= 0.3 is 0 Å². The summed E-state index contributed by atoms with van der Waals surface area (Å²) >= 11 is 0. The highest BCUT2D eigenvalue weighted by molar-refractivity contribution is 6.08. The molecular formula is C34H20N2O. The molecule has 3 heteroatoms. The van der Waals surface area contributed by atoms with E-state index >= 15 is 0 Å². The molecule has 2 aromatic heterocycles. The second-order valence-corrected chi connectivity index (χ2v) is 9.48. The first kappa shape index (κ1) is 20.2. The van der Waals surface area contributed by atoms with E-state index in [0.717, 1.165) is 38.6 Å². The van der Waals surface area contributed by atoms with Gasteiger partial charge in [-0.1, -0.05) is 84.9 Å². The van der Waals surface area contributed by atoms with Crippen LogP contribution >= 0.6 is 0 Å². The van der Waals surface area contributed by atoms with Crippen molar-refractivity contribution in [2.24, 2.45) is 0 Å². The number of furan rings is 1. The molecule has 8 aromatic rings. The minimum absolute atomic E-state index is 0.572. The number of hydrogen-bond donors (Lipinski definition) is 0. The smallest absolute Gasteiger partial charge is 0.246 e. The lowest BCUT2D eigenvalue weighted by atomic mass is 9.95. The van der Waals surface area contributed by atoms with E-state index in [2.05, 4.69) is 96.0 Å². The Kier molecular flexibility index (Phi) is 4.23. The summed E-state index contributed by atoms with van der Waals surface area (Å²) in [5.74, 6) is 0. The fourth-order valence-electron chi connectivity index (χ4n) is 5.39. The molecule has 0 aliphatic carbocycles. The number of para-hydroxylation sites is 2. The summed E-state index contributed by atoms with van der Waals surface area (Å²) in [5, 5.41) is 6.07. The molecule has 0 saturated carbocycles. The van der Waals surface area contributed by atoms with Gasteiger partial charge in [-0.3, -0.25) is 0 Å². The van der Waals surface area contributed by atoms with E-state index in [4.69, 9.17) is 9.40 Å². The molecule has 0 bridgehead atoms. The molecule has 0 fully saturated rings. The normalized spacial score (nSPS) is 11.8. The van der Waals surface area contributed by atoms with E-state index in [9.17, 15) is 0 Å². The summed E-state index contributed by atoms with van der Waals surface area (Å²) in [6, 6.07) is 42.6. The van der Waals surface area contributed by atoms with Crippen molar-refractivity contribution in [1.29, 1.82) is 0 Å². The van der Waals surface area contributed by atoms with Crippen LogP contribution < -0.4 is 0 Å². The van der Waals surface area contributed by atoms with Gasteiger partial charge in [-0.2, -0.15) is 0 Å². The lowest BCUT2D eigenvalue weighted by Crippen LogP contribution is -1.84. The monoisotopic (exact) mass is 472 g/mol. The van der Waals surface area contributed by atoms with Gasteiger partial charge in [0.2, 0.25) is 5.71 Å². The van der Waals surface area contributed by atoms with Crippen LogP contribution in [0.5, 0.6) is 0 Å². The van der Waals surface area contributed by atoms with Crippen molar-refractivity contribution >= 4 is 54.8 Å². The lowest BCUT2D eigenvalue weighted by molar-refractivity contribution is 0.655. The predicted octanol–water partition coefficient (Wildman–Crippen LogP) is 9.17. The van der Waals surface area contributed by atoms with Crippen LogP contribution in [0.25, 0.3) is 77.0 Å². The molecule has 0 N–H and O–H groups in total. The Hall–Kier alpha value is -5.02. The van der Waals surface area contributed by atoms with Gasteiger partial charge in [0, 0.05) is 5.39 Å². The molecule has 2 heterocycles. The number of benzene rings is 6. The van der Waals surface area contributed by atoms with Gasteiger partial charge in [-0.25, -0.2) is 9.97 Å². The molecule has 8 rings (SSSR count). The second kappa shape index (κ2) is 7.74. The fourth-order valence-corrected chi connectivity index (χ4v) is 5.39. The van der Waals surface area contributed by atoms with E-state index in [0.29, 0.717) is 5.71 Å². The maximum absolute atomic E-state index is 6.04. The van der Waals surface area contributed by atoms with E-state index in [1.165, 1.54) is 32.7 Å². The first-order valence-electron chi connectivity index (χ1n) is 12.4. The van der Waals surface area contributed by atoms with Crippen molar-refractivity contribution in [2.75, 3.05) is 0 Å². The van der Waals surface area contributed by atoms with Gasteiger partial charge < -0.3 is 4.42 Å². The van der Waals surface area contributed by atoms with Crippen LogP contribution in [0.4, 0.5) is 0 Å². The number of rotatable bonds is 2. The van der Waals surface area contributed by atoms with E-state index in [1.807, 2.05) is 30.3 Å². The number of hydrogen-bond acceptors (Lipinski definition) is 3. The Morgan fingerprint density at radius 1 is 0.432 bits per heavy atom. The maximum Gasteiger partial charge on any atom is 0.246 e. The van der Waals surface area contributed by atoms with Gasteiger partial charge in [-0.05, 0) is 80.2 Å². The van der Waals surface area contributed by atoms with Crippen molar-refractivity contribution < 1.29 is 4.42 Å². The Labute approximate surface area is 212 Å². The third kappa shape index (κ3) is 3.21.